The maximum Gasteiger partial charge on any atom is 0.263 e. The molecule has 131 heavy (non-hydrogen) atoms. The number of halogens is 10. The Balaban J connectivity index is 0.000000142. The molecule has 1 spiro atoms. The van der Waals surface area contributed by atoms with E-state index in [0.717, 1.165) is 151 Å². The number of piperidine rings is 4. The zero-order valence-electron chi connectivity index (χ0n) is 79.7. The minimum absolute atomic E-state index is 0.0368. The molecule has 17 rings (SSSR count). The Kier molecular flexibility index (Phi) is 30.8. The van der Waals surface area contributed by atoms with Crippen LogP contribution in [0.15, 0.2) is 115 Å². The van der Waals surface area contributed by atoms with E-state index in [1.54, 1.807) is 112 Å². The Morgan fingerprint density at radius 1 is 0.382 bits per heavy atom. The van der Waals surface area contributed by atoms with Crippen LogP contribution in [0.1, 0.15) is 204 Å². The maximum absolute atomic E-state index is 13.5. The number of anilines is 5. The Morgan fingerprint density at radius 2 is 0.664 bits per heavy atom. The average Bonchev–Trinajstić information content (AvgIpc) is 1.27. The number of rotatable bonds is 14. The number of hydrogen-bond donors (Lipinski definition) is 3. The molecule has 7 aliphatic rings. The van der Waals surface area contributed by atoms with Gasteiger partial charge >= 0.3 is 0 Å². The first-order valence-electron chi connectivity index (χ1n) is 46.6. The average molecular weight is 1990 g/mol. The van der Waals surface area contributed by atoms with Crippen LogP contribution in [0.4, 0.5) is 29.1 Å². The van der Waals surface area contributed by atoms with Crippen molar-refractivity contribution in [3.8, 4) is 28.4 Å². The van der Waals surface area contributed by atoms with E-state index in [-0.39, 0.29) is 66.1 Å². The molecule has 0 amide bonds. The molecule has 5 saturated heterocycles. The molecule has 5 aromatic carbocycles. The first-order valence-corrected chi connectivity index (χ1v) is 48.9. The standard InChI is InChI=1S/C20H24Cl2N4O.C20H26Cl2N4O.C20H23Cl2N3O.C20H25Cl2N3O.C18H22Cl2N4O/c1-12-24-18(25-10-8-20(2,23)9-11-25)16(13-6-7-13)19(27)26(12)15-5-3-4-14(21)17(15)22;1-4-20(12-23)8-10-25(11-9-20)18-13(2)19(27)26(14(3)24-18)16-7-5-6-15(21)17(16)22;1-12-11-20(12)7-9-24(10-8-20)18-13(2)19(26)25(14(3)23-18)16-6-4-5-15(21)17(16)22;1-4-15-7-6-11-24(12-10-15)19-13(2)20(26)25(14(3)23-19)17-9-5-8-16(21)18(17)22;1-11-16(23-9-7-18(3,21)8-10-23)22-12(2)24(17(11)25)14-6-4-5-13(19)15(14)20/h3-5,13H,6-11,23H2,1-2H3;5-7H,4,8-12,23H2,1-3H3;4-6,12H,7-11H2,1-3H3;5,8-9,15H,4,6-7,10-12H2,1-3H3;4-6H,7-10,21H2,1-3H3/i;;;;1D3. The van der Waals surface area contributed by atoms with Crippen LogP contribution < -0.4 is 69.5 Å². The highest BCUT2D eigenvalue weighted by molar-refractivity contribution is 6.45. The van der Waals surface area contributed by atoms with E-state index in [9.17, 15) is 24.0 Å². The Morgan fingerprint density at radius 3 is 0.962 bits per heavy atom. The fourth-order valence-electron chi connectivity index (χ4n) is 18.7. The lowest BCUT2D eigenvalue weighted by atomic mass is 9.76. The second kappa shape index (κ2) is 41.9. The molecule has 23 nitrogen and oxygen atoms in total. The zero-order chi connectivity index (χ0) is 97.4. The molecule has 2 saturated carbocycles. The van der Waals surface area contributed by atoms with E-state index in [2.05, 4.69) is 52.3 Å². The van der Waals surface area contributed by atoms with Crippen molar-refractivity contribution >= 4 is 145 Å². The predicted octanol–water partition coefficient (Wildman–Crippen LogP) is 21.6. The maximum atomic E-state index is 13.5. The molecule has 10 aromatic rings. The molecular weight excluding hydrogens is 1860 g/mol. The molecule has 2 atom stereocenters. The van der Waals surface area contributed by atoms with E-state index in [1.807, 2.05) is 60.3 Å². The van der Waals surface area contributed by atoms with Gasteiger partial charge in [0.25, 0.3) is 27.8 Å². The normalized spacial score (nSPS) is 18.9. The van der Waals surface area contributed by atoms with Crippen LogP contribution in [0.5, 0.6) is 0 Å². The van der Waals surface area contributed by atoms with E-state index in [4.69, 9.17) is 157 Å². The summed E-state index contributed by atoms with van der Waals surface area (Å²) >= 11 is 62.3. The number of hydrogen-bond acceptors (Lipinski definition) is 18. The zero-order valence-corrected chi connectivity index (χ0v) is 84.3. The van der Waals surface area contributed by atoms with Crippen LogP contribution in [-0.4, -0.2) is 131 Å². The fraction of sp³-hybridized carbons (Fsp3) is 0.490. The van der Waals surface area contributed by atoms with E-state index in [1.165, 1.54) is 41.2 Å². The third-order valence-electron chi connectivity index (χ3n) is 27.8. The van der Waals surface area contributed by atoms with Gasteiger partial charge in [0.05, 0.1) is 106 Å². The number of nitrogens with two attached hydrogens (primary N) is 3. The molecular formula is C98H120Cl10N18O5. The number of nitrogens with zero attached hydrogens (tertiary/aromatic N) is 15. The lowest BCUT2D eigenvalue weighted by Gasteiger charge is -2.41. The van der Waals surface area contributed by atoms with Gasteiger partial charge in [-0.3, -0.25) is 46.8 Å². The highest BCUT2D eigenvalue weighted by atomic mass is 35.5. The summed E-state index contributed by atoms with van der Waals surface area (Å²) in [6, 6.07) is 26.0. The van der Waals surface area contributed by atoms with Crippen LogP contribution in [-0.2, 0) is 0 Å². The second-order valence-corrected chi connectivity index (χ2v) is 40.8. The van der Waals surface area contributed by atoms with Crippen LogP contribution in [0.25, 0.3) is 28.4 Å². The van der Waals surface area contributed by atoms with Crippen molar-refractivity contribution in [1.82, 2.24) is 47.8 Å². The summed E-state index contributed by atoms with van der Waals surface area (Å²) < 4.78 is 31.3. The predicted molar refractivity (Wildman–Crippen MR) is 543 cm³/mol. The molecule has 702 valence electrons. The van der Waals surface area contributed by atoms with Crippen molar-refractivity contribution in [2.45, 2.75) is 217 Å². The summed E-state index contributed by atoms with van der Waals surface area (Å²) in [7, 11) is 0. The molecule has 5 aliphatic heterocycles. The van der Waals surface area contributed by atoms with Crippen molar-refractivity contribution in [2.24, 2.45) is 39.9 Å². The Hall–Kier alpha value is -7.72. The van der Waals surface area contributed by atoms with Crippen molar-refractivity contribution in [1.29, 1.82) is 0 Å². The quantitative estimate of drug-likeness (QED) is 0.0913. The number of aryl methyl sites for hydroxylation is 5. The highest BCUT2D eigenvalue weighted by Crippen LogP contribution is 2.59. The Bertz CT molecular complexity index is 6350. The van der Waals surface area contributed by atoms with Gasteiger partial charge in [-0.1, -0.05) is 174 Å². The molecule has 2 aliphatic carbocycles. The topological polar surface area (TPSA) is 269 Å². The summed E-state index contributed by atoms with van der Waals surface area (Å²) in [6.45, 7) is 31.7. The molecule has 6 N–H and O–H groups in total. The van der Waals surface area contributed by atoms with Gasteiger partial charge < -0.3 is 41.7 Å². The smallest absolute Gasteiger partial charge is 0.263 e. The molecule has 10 heterocycles. The van der Waals surface area contributed by atoms with Gasteiger partial charge in [0.15, 0.2) is 0 Å². The summed E-state index contributed by atoms with van der Waals surface area (Å²) in [4.78, 5) is 101. The lowest BCUT2D eigenvalue weighted by molar-refractivity contribution is 0.218. The van der Waals surface area contributed by atoms with E-state index < -0.39 is 12.4 Å². The van der Waals surface area contributed by atoms with Gasteiger partial charge in [-0.25, -0.2) is 24.9 Å². The largest absolute Gasteiger partial charge is 0.356 e. The van der Waals surface area contributed by atoms with Gasteiger partial charge in [-0.05, 0) is 268 Å². The van der Waals surface area contributed by atoms with Crippen molar-refractivity contribution in [3.05, 3.63) is 250 Å². The summed E-state index contributed by atoms with van der Waals surface area (Å²) in [5, 5.41) is 3.59. The van der Waals surface area contributed by atoms with Crippen LogP contribution in [0, 0.1) is 84.9 Å². The fourth-order valence-corrected chi connectivity index (χ4v) is 20.7. The summed E-state index contributed by atoms with van der Waals surface area (Å²) in [6.07, 6.45) is 16.8. The van der Waals surface area contributed by atoms with Gasteiger partial charge in [0.2, 0.25) is 0 Å². The minimum Gasteiger partial charge on any atom is -0.356 e. The van der Waals surface area contributed by atoms with Crippen LogP contribution in [0.3, 0.4) is 0 Å². The molecule has 0 radical (unpaired) electrons. The molecule has 0 bridgehead atoms. The van der Waals surface area contributed by atoms with E-state index >= 15 is 0 Å². The first kappa shape index (κ1) is 96.4. The second-order valence-electron chi connectivity index (χ2n) is 36.9. The molecule has 33 heteroatoms. The van der Waals surface area contributed by atoms with Gasteiger partial charge in [0, 0.05) is 80.6 Å². The van der Waals surface area contributed by atoms with Gasteiger partial charge in [0.1, 0.15) is 58.2 Å². The van der Waals surface area contributed by atoms with Crippen molar-refractivity contribution in [3.63, 3.8) is 0 Å². The number of benzene rings is 5. The van der Waals surface area contributed by atoms with Crippen LogP contribution >= 0.6 is 116 Å². The number of aromatic nitrogens is 10. The molecule has 7 fully saturated rings. The van der Waals surface area contributed by atoms with Gasteiger partial charge in [-0.15, -0.1) is 0 Å². The molecule has 2 unspecified atom stereocenters. The minimum atomic E-state index is -2.64. The Labute approximate surface area is 822 Å². The van der Waals surface area contributed by atoms with E-state index in [0.29, 0.717) is 152 Å². The molecule has 5 aromatic heterocycles. The lowest BCUT2D eigenvalue weighted by Crippen LogP contribution is -2.49. The highest BCUT2D eigenvalue weighted by Gasteiger charge is 2.52. The third-order valence-corrected chi connectivity index (χ3v) is 31.8. The summed E-state index contributed by atoms with van der Waals surface area (Å²) in [5.41, 5.74) is 22.8. The third kappa shape index (κ3) is 21.7. The van der Waals surface area contributed by atoms with Crippen molar-refractivity contribution < 1.29 is 4.11 Å². The first-order chi connectivity index (χ1) is 63.3. The van der Waals surface area contributed by atoms with Crippen LogP contribution in [0.2, 0.25) is 50.2 Å². The summed E-state index contributed by atoms with van der Waals surface area (Å²) in [5.74, 6) is 8.06. The monoisotopic (exact) mass is 1980 g/mol. The van der Waals surface area contributed by atoms with Crippen molar-refractivity contribution in [2.75, 3.05) is 96.5 Å². The van der Waals surface area contributed by atoms with Gasteiger partial charge in [-0.2, -0.15) is 0 Å². The SMILES string of the molecule is CCC1(CN)CCN(c2nc(C)n(-c3cccc(Cl)c3Cl)c(=O)c2C)CC1.CCC1CCCN(c2nc(C)n(-c3cccc(Cl)c3Cl)c(=O)c2C)CC1.Cc1c(N2CCC3(CC2)CC3C)nc(C)n(-c2cccc(Cl)c2Cl)c1=O.Cc1nc(N2CCC(C)(N)CC2)c(C2CC2)c(=O)n1-c1cccc(Cl)c1Cl.[2H]C([2H])([2H])c1c(N2CCC(C)(N)CC2)nc(C)n(-c2cccc(Cl)c2Cl)c1=O.